The number of sulfonamides is 1. The highest BCUT2D eigenvalue weighted by atomic mass is 32.2. The van der Waals surface area contributed by atoms with Crippen molar-refractivity contribution in [2.75, 3.05) is 25.1 Å². The molecule has 0 aliphatic carbocycles. The van der Waals surface area contributed by atoms with Gasteiger partial charge in [0.1, 0.15) is 11.5 Å². The van der Waals surface area contributed by atoms with E-state index in [0.717, 1.165) is 4.31 Å². The molecule has 24 heavy (non-hydrogen) atoms. The number of carbonyl (C=O) groups is 1. The van der Waals surface area contributed by atoms with E-state index < -0.39 is 15.9 Å². The second kappa shape index (κ2) is 7.22. The van der Waals surface area contributed by atoms with E-state index >= 15 is 0 Å². The van der Waals surface area contributed by atoms with Gasteiger partial charge in [-0.25, -0.2) is 8.42 Å². The first-order valence-corrected chi connectivity index (χ1v) is 8.43. The molecule has 2 rings (SSSR count). The maximum absolute atomic E-state index is 12.7. The maximum atomic E-state index is 12.7. The van der Waals surface area contributed by atoms with Gasteiger partial charge >= 0.3 is 0 Å². The second-order valence-electron chi connectivity index (χ2n) is 4.91. The molecule has 0 aromatic heterocycles. The fourth-order valence-corrected chi connectivity index (χ4v) is 3.18. The van der Waals surface area contributed by atoms with E-state index in [4.69, 9.17) is 15.2 Å². The van der Waals surface area contributed by atoms with E-state index in [1.807, 2.05) is 0 Å². The summed E-state index contributed by atoms with van der Waals surface area (Å²) in [6, 6.07) is 12.6. The van der Waals surface area contributed by atoms with E-state index in [1.54, 1.807) is 24.3 Å². The highest BCUT2D eigenvalue weighted by molar-refractivity contribution is 7.92. The number of ether oxygens (including phenoxy) is 2. The van der Waals surface area contributed by atoms with E-state index in [0.29, 0.717) is 11.4 Å². The number of rotatable bonds is 7. The third-order valence-electron chi connectivity index (χ3n) is 3.25. The molecule has 0 heterocycles. The van der Waals surface area contributed by atoms with Gasteiger partial charge in [-0.05, 0) is 12.1 Å². The van der Waals surface area contributed by atoms with Crippen LogP contribution in [0, 0.1) is 0 Å². The normalized spacial score (nSPS) is 10.9. The number of anilines is 1. The predicted octanol–water partition coefficient (Wildman–Crippen LogP) is 1.38. The van der Waals surface area contributed by atoms with E-state index in [1.165, 1.54) is 38.4 Å². The minimum absolute atomic E-state index is 0.162. The Labute approximate surface area is 140 Å². The van der Waals surface area contributed by atoms with Gasteiger partial charge in [-0.1, -0.05) is 18.2 Å². The molecule has 0 radical (unpaired) electrons. The molecule has 0 spiro atoms. The van der Waals surface area contributed by atoms with Crippen molar-refractivity contribution in [1.29, 1.82) is 0 Å². The molecule has 0 saturated carbocycles. The quantitative estimate of drug-likeness (QED) is 0.813. The van der Waals surface area contributed by atoms with Crippen LogP contribution in [0.4, 0.5) is 5.69 Å². The molecule has 0 aliphatic rings. The average molecular weight is 350 g/mol. The van der Waals surface area contributed by atoms with Crippen LogP contribution in [0.3, 0.4) is 0 Å². The summed E-state index contributed by atoms with van der Waals surface area (Å²) >= 11 is 0. The van der Waals surface area contributed by atoms with Gasteiger partial charge in [-0.15, -0.1) is 0 Å². The first-order chi connectivity index (χ1) is 11.3. The Morgan fingerprint density at radius 3 is 2.33 bits per heavy atom. The number of benzene rings is 2. The van der Waals surface area contributed by atoms with Crippen molar-refractivity contribution in [3.05, 3.63) is 48.5 Å². The van der Waals surface area contributed by atoms with Crippen LogP contribution >= 0.6 is 0 Å². The lowest BCUT2D eigenvalue weighted by molar-refractivity contribution is -0.119. The van der Waals surface area contributed by atoms with Crippen molar-refractivity contribution in [1.82, 2.24) is 0 Å². The van der Waals surface area contributed by atoms with Gasteiger partial charge in [0.25, 0.3) is 15.9 Å². The fourth-order valence-electron chi connectivity index (χ4n) is 1.98. The lowest BCUT2D eigenvalue weighted by atomic mass is 10.3. The topological polar surface area (TPSA) is 98.9 Å². The zero-order chi connectivity index (χ0) is 17.7. The molecule has 2 aromatic rings. The summed E-state index contributed by atoms with van der Waals surface area (Å²) in [5.74, 6) is 0.0324. The lowest BCUT2D eigenvalue weighted by Gasteiger charge is -2.21. The van der Waals surface area contributed by atoms with Crippen LogP contribution < -0.4 is 19.5 Å². The third kappa shape index (κ3) is 3.96. The van der Waals surface area contributed by atoms with Crippen LogP contribution in [0.15, 0.2) is 53.4 Å². The van der Waals surface area contributed by atoms with E-state index in [9.17, 15) is 13.2 Å². The monoisotopic (exact) mass is 350 g/mol. The zero-order valence-corrected chi connectivity index (χ0v) is 14.1. The molecule has 2 N–H and O–H groups in total. The van der Waals surface area contributed by atoms with Crippen molar-refractivity contribution in [2.45, 2.75) is 4.90 Å². The Hall–Kier alpha value is -2.74. The van der Waals surface area contributed by atoms with Crippen molar-refractivity contribution in [2.24, 2.45) is 5.73 Å². The van der Waals surface area contributed by atoms with Gasteiger partial charge in [0, 0.05) is 25.2 Å². The minimum Gasteiger partial charge on any atom is -0.497 e. The lowest BCUT2D eigenvalue weighted by Crippen LogP contribution is -2.26. The van der Waals surface area contributed by atoms with Gasteiger partial charge in [0.2, 0.25) is 0 Å². The van der Waals surface area contributed by atoms with Crippen LogP contribution in [-0.4, -0.2) is 35.1 Å². The van der Waals surface area contributed by atoms with Gasteiger partial charge in [-0.3, -0.25) is 9.10 Å². The van der Waals surface area contributed by atoms with Crippen molar-refractivity contribution >= 4 is 21.6 Å². The van der Waals surface area contributed by atoms with Crippen LogP contribution in [0.1, 0.15) is 0 Å². The molecular formula is C16H18N2O5S. The Bertz CT molecular complexity index is 822. The Balaban J connectivity index is 2.39. The molecule has 1 amide bonds. The maximum Gasteiger partial charge on any atom is 0.264 e. The van der Waals surface area contributed by atoms with Gasteiger partial charge in [-0.2, -0.15) is 0 Å². The number of primary amides is 1. The highest BCUT2D eigenvalue weighted by Gasteiger charge is 2.22. The number of nitrogens with zero attached hydrogens (tertiary/aromatic N) is 1. The number of methoxy groups -OCH3 is 1. The number of hydrogen-bond acceptors (Lipinski definition) is 5. The summed E-state index contributed by atoms with van der Waals surface area (Å²) in [7, 11) is -0.862. The van der Waals surface area contributed by atoms with Crippen LogP contribution in [-0.2, 0) is 14.8 Å². The summed E-state index contributed by atoms with van der Waals surface area (Å²) in [4.78, 5) is 11.0. The third-order valence-corrected chi connectivity index (χ3v) is 5.05. The molecule has 2 aromatic carbocycles. The standard InChI is InChI=1S/C16H18N2O5S/c1-18(24(20,21)15-6-4-3-5-7-15)12-8-13(22-2)10-14(9-12)23-11-16(17)19/h3-10H,11H2,1-2H3,(H2,17,19). The average Bonchev–Trinajstić information content (AvgIpc) is 2.59. The summed E-state index contributed by atoms with van der Waals surface area (Å²) in [5, 5.41) is 0. The molecular weight excluding hydrogens is 332 g/mol. The largest absolute Gasteiger partial charge is 0.497 e. The van der Waals surface area contributed by atoms with E-state index in [2.05, 4.69) is 0 Å². The molecule has 0 aliphatic heterocycles. The minimum atomic E-state index is -3.73. The fraction of sp³-hybridized carbons (Fsp3) is 0.188. The smallest absolute Gasteiger partial charge is 0.264 e. The number of hydrogen-bond donors (Lipinski definition) is 1. The zero-order valence-electron chi connectivity index (χ0n) is 13.3. The molecule has 0 atom stereocenters. The molecule has 7 nitrogen and oxygen atoms in total. The van der Waals surface area contributed by atoms with Crippen molar-refractivity contribution in [3.8, 4) is 11.5 Å². The van der Waals surface area contributed by atoms with Gasteiger partial charge < -0.3 is 15.2 Å². The number of nitrogens with two attached hydrogens (primary N) is 1. The SMILES string of the molecule is COc1cc(OCC(N)=O)cc(N(C)S(=O)(=O)c2ccccc2)c1. The Morgan fingerprint density at radius 1 is 1.12 bits per heavy atom. The van der Waals surface area contributed by atoms with Gasteiger partial charge in [0.15, 0.2) is 6.61 Å². The Morgan fingerprint density at radius 2 is 1.75 bits per heavy atom. The number of carbonyl (C=O) groups excluding carboxylic acids is 1. The Kier molecular flexibility index (Phi) is 5.30. The summed E-state index contributed by atoms with van der Waals surface area (Å²) in [5.41, 5.74) is 5.38. The predicted molar refractivity (Wildman–Crippen MR) is 89.7 cm³/mol. The van der Waals surface area contributed by atoms with Gasteiger partial charge in [0.05, 0.1) is 17.7 Å². The molecule has 128 valence electrons. The molecule has 0 unspecified atom stereocenters. The molecule has 8 heteroatoms. The molecule has 0 bridgehead atoms. The summed E-state index contributed by atoms with van der Waals surface area (Å²) < 4.78 is 36.9. The van der Waals surface area contributed by atoms with Crippen molar-refractivity contribution in [3.63, 3.8) is 0 Å². The van der Waals surface area contributed by atoms with E-state index in [-0.39, 0.29) is 17.3 Å². The van der Waals surface area contributed by atoms with Crippen LogP contribution in [0.25, 0.3) is 0 Å². The second-order valence-corrected chi connectivity index (χ2v) is 6.88. The highest BCUT2D eigenvalue weighted by Crippen LogP contribution is 2.30. The molecule has 0 fully saturated rings. The first-order valence-electron chi connectivity index (χ1n) is 6.99. The summed E-state index contributed by atoms with van der Waals surface area (Å²) in [6.07, 6.45) is 0. The van der Waals surface area contributed by atoms with Crippen LogP contribution in [0.2, 0.25) is 0 Å². The van der Waals surface area contributed by atoms with Crippen molar-refractivity contribution < 1.29 is 22.7 Å². The molecule has 0 saturated heterocycles. The summed E-state index contributed by atoms with van der Waals surface area (Å²) in [6.45, 7) is -0.318. The van der Waals surface area contributed by atoms with Crippen LogP contribution in [0.5, 0.6) is 11.5 Å². The number of amides is 1. The first kappa shape index (κ1) is 17.6.